The van der Waals surface area contributed by atoms with Gasteiger partial charge in [-0.2, -0.15) is 0 Å². The third-order valence-electron chi connectivity index (χ3n) is 4.01. The first-order valence-electron chi connectivity index (χ1n) is 8.40. The zero-order valence-corrected chi connectivity index (χ0v) is 16.1. The molecule has 2 heterocycles. The second-order valence-electron chi connectivity index (χ2n) is 5.88. The molecule has 1 aliphatic rings. The van der Waals surface area contributed by atoms with Gasteiger partial charge in [0, 0.05) is 4.88 Å². The highest BCUT2D eigenvalue weighted by atomic mass is 32.1. The molecule has 0 atom stereocenters. The van der Waals surface area contributed by atoms with E-state index in [2.05, 4.69) is 5.32 Å². The Hall–Kier alpha value is -3.29. The Balaban J connectivity index is 1.59. The van der Waals surface area contributed by atoms with E-state index in [1.54, 1.807) is 30.3 Å². The fraction of sp³-hybridized carbons (Fsp3) is 0. The van der Waals surface area contributed by atoms with E-state index >= 15 is 0 Å². The van der Waals surface area contributed by atoms with Crippen LogP contribution in [0.4, 0.5) is 5.69 Å². The summed E-state index contributed by atoms with van der Waals surface area (Å²) < 4.78 is 5.77. The van der Waals surface area contributed by atoms with E-state index < -0.39 is 11.8 Å². The Bertz CT molecular complexity index is 1060. The van der Waals surface area contributed by atoms with Gasteiger partial charge in [0.15, 0.2) is 5.11 Å². The molecule has 1 aromatic heterocycles. The van der Waals surface area contributed by atoms with Crippen molar-refractivity contribution < 1.29 is 14.3 Å². The average Bonchev–Trinajstić information content (AvgIpc) is 3.20. The summed E-state index contributed by atoms with van der Waals surface area (Å²) in [5, 5.41) is 4.51. The first-order valence-corrected chi connectivity index (χ1v) is 9.68. The monoisotopic (exact) mass is 406 g/mol. The van der Waals surface area contributed by atoms with Crippen LogP contribution in [0.15, 0.2) is 77.7 Å². The number of nitrogens with zero attached hydrogens (tertiary/aromatic N) is 1. The van der Waals surface area contributed by atoms with Crippen LogP contribution < -0.4 is 15.0 Å². The van der Waals surface area contributed by atoms with Gasteiger partial charge in [-0.25, -0.2) is 0 Å². The van der Waals surface area contributed by atoms with Gasteiger partial charge in [-0.1, -0.05) is 24.3 Å². The van der Waals surface area contributed by atoms with Crippen LogP contribution in [0.5, 0.6) is 11.5 Å². The number of carbonyl (C=O) groups excluding carboxylic acids is 2. The summed E-state index contributed by atoms with van der Waals surface area (Å²) in [4.78, 5) is 27.3. The summed E-state index contributed by atoms with van der Waals surface area (Å²) in [7, 11) is 0. The Morgan fingerprint density at radius 1 is 0.929 bits per heavy atom. The van der Waals surface area contributed by atoms with E-state index in [1.807, 2.05) is 47.8 Å². The first kappa shape index (κ1) is 18.1. The standard InChI is InChI=1S/C21H14N2O3S2/c24-19-18(13-17-7-4-12-28-17)20(25)23(21(27)22-19)14-8-10-16(11-9-14)26-15-5-2-1-3-6-15/h1-13H,(H,22,24,27). The highest BCUT2D eigenvalue weighted by Crippen LogP contribution is 2.27. The van der Waals surface area contributed by atoms with Crippen molar-refractivity contribution in [2.45, 2.75) is 0 Å². The Morgan fingerprint density at radius 3 is 2.32 bits per heavy atom. The second-order valence-corrected chi connectivity index (χ2v) is 7.25. The van der Waals surface area contributed by atoms with E-state index in [0.717, 1.165) is 4.88 Å². The van der Waals surface area contributed by atoms with Gasteiger partial charge < -0.3 is 4.74 Å². The lowest BCUT2D eigenvalue weighted by Crippen LogP contribution is -2.54. The number of para-hydroxylation sites is 1. The number of thiophene rings is 1. The molecule has 4 rings (SSSR count). The van der Waals surface area contributed by atoms with Crippen LogP contribution in [0.3, 0.4) is 0 Å². The minimum absolute atomic E-state index is 0.0423. The van der Waals surface area contributed by atoms with Crippen molar-refractivity contribution in [1.82, 2.24) is 5.32 Å². The molecule has 1 fully saturated rings. The zero-order chi connectivity index (χ0) is 19.5. The first-order chi connectivity index (χ1) is 13.6. The van der Waals surface area contributed by atoms with Gasteiger partial charge in [0.25, 0.3) is 11.8 Å². The second kappa shape index (κ2) is 7.75. The van der Waals surface area contributed by atoms with Crippen LogP contribution >= 0.6 is 23.6 Å². The number of anilines is 1. The van der Waals surface area contributed by atoms with Gasteiger partial charge in [-0.05, 0) is 66.1 Å². The van der Waals surface area contributed by atoms with E-state index in [9.17, 15) is 9.59 Å². The van der Waals surface area contributed by atoms with Crippen LogP contribution in [-0.2, 0) is 9.59 Å². The highest BCUT2D eigenvalue weighted by Gasteiger charge is 2.34. The molecule has 138 valence electrons. The molecule has 2 aromatic carbocycles. The maximum absolute atomic E-state index is 12.9. The Labute approximate surface area is 170 Å². The molecule has 3 aromatic rings. The molecule has 0 bridgehead atoms. The van der Waals surface area contributed by atoms with Crippen molar-refractivity contribution in [3.63, 3.8) is 0 Å². The fourth-order valence-electron chi connectivity index (χ4n) is 2.70. The molecule has 1 saturated heterocycles. The molecule has 28 heavy (non-hydrogen) atoms. The number of carbonyl (C=O) groups is 2. The van der Waals surface area contributed by atoms with Crippen molar-refractivity contribution in [3.05, 3.63) is 82.6 Å². The summed E-state index contributed by atoms with van der Waals surface area (Å²) in [6.07, 6.45) is 1.57. The van der Waals surface area contributed by atoms with Gasteiger partial charge in [0.1, 0.15) is 17.1 Å². The van der Waals surface area contributed by atoms with E-state index in [1.165, 1.54) is 16.2 Å². The molecule has 0 aliphatic carbocycles. The minimum Gasteiger partial charge on any atom is -0.457 e. The Morgan fingerprint density at radius 2 is 1.64 bits per heavy atom. The van der Waals surface area contributed by atoms with Crippen LogP contribution in [0, 0.1) is 0 Å². The summed E-state index contributed by atoms with van der Waals surface area (Å²) in [5.41, 5.74) is 0.591. The van der Waals surface area contributed by atoms with Gasteiger partial charge in [-0.15, -0.1) is 11.3 Å². The predicted octanol–water partition coefficient (Wildman–Crippen LogP) is 4.37. The van der Waals surface area contributed by atoms with Crippen LogP contribution in [-0.4, -0.2) is 16.9 Å². The Kier molecular flexibility index (Phi) is 5.01. The molecule has 0 saturated carbocycles. The topological polar surface area (TPSA) is 58.6 Å². The summed E-state index contributed by atoms with van der Waals surface area (Å²) in [6, 6.07) is 20.0. The van der Waals surface area contributed by atoms with Crippen molar-refractivity contribution in [2.75, 3.05) is 4.90 Å². The van der Waals surface area contributed by atoms with Crippen molar-refractivity contribution in [3.8, 4) is 11.5 Å². The minimum atomic E-state index is -0.497. The van der Waals surface area contributed by atoms with E-state index in [0.29, 0.717) is 17.2 Å². The maximum Gasteiger partial charge on any atom is 0.270 e. The lowest BCUT2D eigenvalue weighted by atomic mass is 10.1. The summed E-state index contributed by atoms with van der Waals surface area (Å²) in [6.45, 7) is 0. The molecule has 7 heteroatoms. The summed E-state index contributed by atoms with van der Waals surface area (Å²) >= 11 is 6.66. The van der Waals surface area contributed by atoms with Crippen molar-refractivity contribution in [1.29, 1.82) is 0 Å². The quantitative estimate of drug-likeness (QED) is 0.397. The molecular formula is C21H14N2O3S2. The average molecular weight is 406 g/mol. The number of rotatable bonds is 4. The van der Waals surface area contributed by atoms with Crippen molar-refractivity contribution in [2.24, 2.45) is 0 Å². The molecule has 1 N–H and O–H groups in total. The maximum atomic E-state index is 12.9. The van der Waals surface area contributed by atoms with Gasteiger partial charge in [-0.3, -0.25) is 19.8 Å². The van der Waals surface area contributed by atoms with Crippen LogP contribution in [0.25, 0.3) is 6.08 Å². The smallest absolute Gasteiger partial charge is 0.270 e. The third-order valence-corrected chi connectivity index (χ3v) is 5.11. The molecule has 2 amide bonds. The lowest BCUT2D eigenvalue weighted by molar-refractivity contribution is -0.122. The number of nitrogens with one attached hydrogen (secondary N) is 1. The molecule has 1 aliphatic heterocycles. The van der Waals surface area contributed by atoms with Gasteiger partial charge in [0.05, 0.1) is 5.69 Å². The van der Waals surface area contributed by atoms with Gasteiger partial charge >= 0.3 is 0 Å². The lowest BCUT2D eigenvalue weighted by Gasteiger charge is -2.28. The van der Waals surface area contributed by atoms with Crippen LogP contribution in [0.2, 0.25) is 0 Å². The number of hydrogen-bond donors (Lipinski definition) is 1. The summed E-state index contributed by atoms with van der Waals surface area (Å²) in [5.74, 6) is 0.388. The normalized spacial score (nSPS) is 15.6. The molecule has 0 radical (unpaired) electrons. The molecule has 5 nitrogen and oxygen atoms in total. The van der Waals surface area contributed by atoms with Crippen LogP contribution in [0.1, 0.15) is 4.88 Å². The third kappa shape index (κ3) is 3.71. The number of ether oxygens (including phenoxy) is 1. The largest absolute Gasteiger partial charge is 0.457 e. The van der Waals surface area contributed by atoms with E-state index in [-0.39, 0.29) is 10.7 Å². The van der Waals surface area contributed by atoms with E-state index in [4.69, 9.17) is 17.0 Å². The number of amides is 2. The number of thiocarbonyl (C=S) groups is 1. The SMILES string of the molecule is O=C1NC(=S)N(c2ccc(Oc3ccccc3)cc2)C(=O)C1=Cc1cccs1. The zero-order valence-electron chi connectivity index (χ0n) is 14.5. The molecular weight excluding hydrogens is 392 g/mol. The highest BCUT2D eigenvalue weighted by molar-refractivity contribution is 7.80. The van der Waals surface area contributed by atoms with Gasteiger partial charge in [0.2, 0.25) is 0 Å². The van der Waals surface area contributed by atoms with Crippen molar-refractivity contribution >= 4 is 52.2 Å². The molecule has 0 spiro atoms. The number of benzene rings is 2. The molecule has 0 unspecified atom stereocenters. The fourth-order valence-corrected chi connectivity index (χ4v) is 3.63. The predicted molar refractivity (Wildman–Crippen MR) is 113 cm³/mol. The number of hydrogen-bond acceptors (Lipinski definition) is 5.